The van der Waals surface area contributed by atoms with Gasteiger partial charge in [-0.3, -0.25) is 4.79 Å². The molecule has 0 spiro atoms. The first kappa shape index (κ1) is 15.7. The van der Waals surface area contributed by atoms with Crippen molar-refractivity contribution in [2.45, 2.75) is 52.6 Å². The molecule has 19 heavy (non-hydrogen) atoms. The summed E-state index contributed by atoms with van der Waals surface area (Å²) in [4.78, 5) is 35.9. The van der Waals surface area contributed by atoms with Crippen LogP contribution in [0, 0.1) is 5.41 Å². The summed E-state index contributed by atoms with van der Waals surface area (Å²) in [5.41, 5.74) is -1.11. The van der Waals surface area contributed by atoms with Crippen LogP contribution < -0.4 is 0 Å². The molecule has 0 aliphatic carbocycles. The number of nitrogens with zero attached hydrogens (tertiary/aromatic N) is 1. The van der Waals surface area contributed by atoms with Crippen molar-refractivity contribution in [1.29, 1.82) is 0 Å². The third-order valence-electron chi connectivity index (χ3n) is 3.26. The maximum absolute atomic E-state index is 11.9. The Morgan fingerprint density at radius 3 is 2.16 bits per heavy atom. The van der Waals surface area contributed by atoms with Crippen molar-refractivity contribution >= 4 is 18.2 Å². The van der Waals surface area contributed by atoms with Gasteiger partial charge in [0.25, 0.3) is 0 Å². The Morgan fingerprint density at radius 1 is 1.26 bits per heavy atom. The Kier molecular flexibility index (Phi) is 4.71. The molecule has 1 aliphatic heterocycles. The number of amides is 1. The highest BCUT2D eigenvalue weighted by molar-refractivity contribution is 5.80. The van der Waals surface area contributed by atoms with Crippen LogP contribution >= 0.6 is 0 Å². The van der Waals surface area contributed by atoms with E-state index in [0.29, 0.717) is 25.9 Å². The van der Waals surface area contributed by atoms with Gasteiger partial charge in [-0.25, -0.2) is 4.79 Å². The number of aldehydes is 1. The van der Waals surface area contributed by atoms with E-state index in [9.17, 15) is 14.4 Å². The lowest BCUT2D eigenvalue weighted by atomic mass is 9.76. The van der Waals surface area contributed by atoms with Crippen molar-refractivity contribution in [3.8, 4) is 0 Å². The van der Waals surface area contributed by atoms with Crippen molar-refractivity contribution in [2.75, 3.05) is 13.1 Å². The third kappa shape index (κ3) is 4.65. The van der Waals surface area contributed by atoms with E-state index in [1.165, 1.54) is 6.92 Å². The van der Waals surface area contributed by atoms with E-state index in [1.807, 2.05) is 20.8 Å². The average Bonchev–Trinajstić information content (AvgIpc) is 2.26. The molecule has 1 heterocycles. The third-order valence-corrected chi connectivity index (χ3v) is 3.26. The van der Waals surface area contributed by atoms with E-state index in [2.05, 4.69) is 0 Å². The van der Waals surface area contributed by atoms with Crippen LogP contribution in [0.15, 0.2) is 0 Å². The first-order valence-corrected chi connectivity index (χ1v) is 6.61. The standard InChI is InChI=1S/C14H23NO4/c1-11(17)9-14(10-16)5-7-15(8-6-14)12(18)19-13(2,3)4/h10H,5-9H2,1-4H3. The summed E-state index contributed by atoms with van der Waals surface area (Å²) in [6, 6.07) is 0. The molecular formula is C14H23NO4. The molecule has 0 radical (unpaired) electrons. The number of ether oxygens (including phenoxy) is 1. The van der Waals surface area contributed by atoms with Crippen LogP contribution in [-0.4, -0.2) is 41.8 Å². The second-order valence-corrected chi connectivity index (χ2v) is 6.33. The molecule has 0 atom stereocenters. The number of likely N-dealkylation sites (tertiary alicyclic amines) is 1. The summed E-state index contributed by atoms with van der Waals surface area (Å²) < 4.78 is 5.29. The molecule has 5 nitrogen and oxygen atoms in total. The first-order valence-electron chi connectivity index (χ1n) is 6.61. The SMILES string of the molecule is CC(=O)CC1(C=O)CCN(C(=O)OC(C)(C)C)CC1. The molecule has 5 heteroatoms. The topological polar surface area (TPSA) is 63.7 Å². The Labute approximate surface area is 114 Å². The summed E-state index contributed by atoms with van der Waals surface area (Å²) in [5.74, 6) is 0.0119. The lowest BCUT2D eigenvalue weighted by molar-refractivity contribution is -0.127. The van der Waals surface area contributed by atoms with Crippen molar-refractivity contribution in [3.05, 3.63) is 0 Å². The summed E-state index contributed by atoms with van der Waals surface area (Å²) in [6.07, 6.45) is 1.83. The van der Waals surface area contributed by atoms with E-state index < -0.39 is 11.0 Å². The predicted molar refractivity (Wildman–Crippen MR) is 70.8 cm³/mol. The zero-order valence-corrected chi connectivity index (χ0v) is 12.2. The Morgan fingerprint density at radius 2 is 1.79 bits per heavy atom. The average molecular weight is 269 g/mol. The number of rotatable bonds is 3. The van der Waals surface area contributed by atoms with Crippen LogP contribution in [0.2, 0.25) is 0 Å². The number of ketones is 1. The molecule has 1 saturated heterocycles. The van der Waals surface area contributed by atoms with Crippen LogP contribution in [0.25, 0.3) is 0 Å². The predicted octanol–water partition coefficient (Wildman–Crippen LogP) is 2.18. The van der Waals surface area contributed by atoms with Gasteiger partial charge >= 0.3 is 6.09 Å². The van der Waals surface area contributed by atoms with Gasteiger partial charge in [-0.2, -0.15) is 0 Å². The van der Waals surface area contributed by atoms with Gasteiger partial charge in [-0.15, -0.1) is 0 Å². The number of hydrogen-bond acceptors (Lipinski definition) is 4. The highest BCUT2D eigenvalue weighted by Gasteiger charge is 2.37. The van der Waals surface area contributed by atoms with Gasteiger partial charge in [-0.1, -0.05) is 0 Å². The Hall–Kier alpha value is -1.39. The number of hydrogen-bond donors (Lipinski definition) is 0. The number of Topliss-reactive ketones (excluding diaryl/α,β-unsaturated/α-hetero) is 1. The molecule has 0 aromatic rings. The van der Waals surface area contributed by atoms with Crippen LogP contribution in [-0.2, 0) is 14.3 Å². The molecule has 0 bridgehead atoms. The maximum atomic E-state index is 11.9. The van der Waals surface area contributed by atoms with Crippen LogP contribution in [0.4, 0.5) is 4.79 Å². The number of piperidine rings is 1. The quantitative estimate of drug-likeness (QED) is 0.737. The normalized spacial score (nSPS) is 18.8. The number of carbonyl (C=O) groups excluding carboxylic acids is 3. The highest BCUT2D eigenvalue weighted by Crippen LogP contribution is 2.33. The molecule has 0 saturated carbocycles. The second kappa shape index (κ2) is 5.72. The van der Waals surface area contributed by atoms with Gasteiger partial charge in [0.1, 0.15) is 17.7 Å². The van der Waals surface area contributed by atoms with Crippen LogP contribution in [0.5, 0.6) is 0 Å². The van der Waals surface area contributed by atoms with Crippen LogP contribution in [0.1, 0.15) is 47.0 Å². The summed E-state index contributed by atoms with van der Waals surface area (Å²) in [7, 11) is 0. The van der Waals surface area contributed by atoms with E-state index in [4.69, 9.17) is 4.74 Å². The van der Waals surface area contributed by atoms with E-state index in [-0.39, 0.29) is 18.3 Å². The molecular weight excluding hydrogens is 246 g/mol. The molecule has 0 unspecified atom stereocenters. The minimum atomic E-state index is -0.593. The minimum Gasteiger partial charge on any atom is -0.444 e. The summed E-state index contributed by atoms with van der Waals surface area (Å²) in [5, 5.41) is 0. The monoisotopic (exact) mass is 269 g/mol. The summed E-state index contributed by atoms with van der Waals surface area (Å²) >= 11 is 0. The Bertz CT molecular complexity index is 362. The summed E-state index contributed by atoms with van der Waals surface area (Å²) in [6.45, 7) is 7.87. The lowest BCUT2D eigenvalue weighted by Crippen LogP contribution is -2.46. The molecule has 0 aromatic carbocycles. The van der Waals surface area contributed by atoms with Crippen molar-refractivity contribution in [3.63, 3.8) is 0 Å². The van der Waals surface area contributed by atoms with Crippen molar-refractivity contribution < 1.29 is 19.1 Å². The van der Waals surface area contributed by atoms with E-state index >= 15 is 0 Å². The lowest BCUT2D eigenvalue weighted by Gasteiger charge is -2.38. The van der Waals surface area contributed by atoms with Gasteiger partial charge in [0.2, 0.25) is 0 Å². The fourth-order valence-corrected chi connectivity index (χ4v) is 2.29. The van der Waals surface area contributed by atoms with Gasteiger partial charge in [0.05, 0.1) is 0 Å². The van der Waals surface area contributed by atoms with Crippen molar-refractivity contribution in [1.82, 2.24) is 4.90 Å². The molecule has 1 rings (SSSR count). The maximum Gasteiger partial charge on any atom is 0.410 e. The molecule has 108 valence electrons. The largest absolute Gasteiger partial charge is 0.444 e. The van der Waals surface area contributed by atoms with Gasteiger partial charge in [-0.05, 0) is 40.5 Å². The zero-order chi connectivity index (χ0) is 14.7. The first-order chi connectivity index (χ1) is 8.67. The number of carbonyl (C=O) groups is 3. The molecule has 1 fully saturated rings. The van der Waals surface area contributed by atoms with Crippen molar-refractivity contribution in [2.24, 2.45) is 5.41 Å². The fraction of sp³-hybridized carbons (Fsp3) is 0.786. The van der Waals surface area contributed by atoms with E-state index in [1.54, 1.807) is 4.90 Å². The highest BCUT2D eigenvalue weighted by atomic mass is 16.6. The Balaban J connectivity index is 2.58. The van der Waals surface area contributed by atoms with E-state index in [0.717, 1.165) is 6.29 Å². The zero-order valence-electron chi connectivity index (χ0n) is 12.2. The molecule has 1 aliphatic rings. The molecule has 0 aromatic heterocycles. The molecule has 0 N–H and O–H groups in total. The van der Waals surface area contributed by atoms with Gasteiger partial charge in [0.15, 0.2) is 0 Å². The minimum absolute atomic E-state index is 0.0119. The molecule has 1 amide bonds. The van der Waals surface area contributed by atoms with Crippen LogP contribution in [0.3, 0.4) is 0 Å². The fourth-order valence-electron chi connectivity index (χ4n) is 2.29. The smallest absolute Gasteiger partial charge is 0.410 e. The van der Waals surface area contributed by atoms with Gasteiger partial charge in [0, 0.05) is 24.9 Å². The van der Waals surface area contributed by atoms with Gasteiger partial charge < -0.3 is 14.4 Å². The second-order valence-electron chi connectivity index (χ2n) is 6.33.